The first-order valence-corrected chi connectivity index (χ1v) is 9.03. The van der Waals surface area contributed by atoms with E-state index >= 15 is 0 Å². The molecule has 2 rings (SSSR count). The molecule has 1 aliphatic rings. The van der Waals surface area contributed by atoms with E-state index in [2.05, 4.69) is 5.32 Å². The summed E-state index contributed by atoms with van der Waals surface area (Å²) in [7, 11) is 0. The number of carbonyl (C=O) groups is 4. The molecule has 6 nitrogen and oxygen atoms in total. The third-order valence-corrected chi connectivity index (χ3v) is 5.19. The number of esters is 2. The maximum absolute atomic E-state index is 12.7. The zero-order chi connectivity index (χ0) is 18.4. The van der Waals surface area contributed by atoms with Gasteiger partial charge in [0.15, 0.2) is 10.9 Å². The van der Waals surface area contributed by atoms with Crippen LogP contribution in [0, 0.1) is 5.92 Å². The number of ether oxygens (including phenoxy) is 1. The molecule has 1 aromatic carbocycles. The van der Waals surface area contributed by atoms with Crippen molar-refractivity contribution in [3.8, 4) is 0 Å². The summed E-state index contributed by atoms with van der Waals surface area (Å²) in [5.41, 5.74) is 0.407. The van der Waals surface area contributed by atoms with Crippen LogP contribution in [0.15, 0.2) is 30.3 Å². The summed E-state index contributed by atoms with van der Waals surface area (Å²) >= 11 is 0.782. The number of carbonyl (C=O) groups excluding carboxylic acids is 4. The molecule has 1 aliphatic heterocycles. The Bertz CT molecular complexity index is 655. The van der Waals surface area contributed by atoms with Crippen LogP contribution in [0.2, 0.25) is 0 Å². The van der Waals surface area contributed by atoms with Crippen LogP contribution in [0.3, 0.4) is 0 Å². The van der Waals surface area contributed by atoms with Gasteiger partial charge in [0.1, 0.15) is 6.04 Å². The summed E-state index contributed by atoms with van der Waals surface area (Å²) in [5.74, 6) is -2.68. The van der Waals surface area contributed by atoms with Crippen LogP contribution >= 0.6 is 11.8 Å². The molecule has 134 valence electrons. The third-order valence-electron chi connectivity index (χ3n) is 3.98. The van der Waals surface area contributed by atoms with Gasteiger partial charge in [0.2, 0.25) is 0 Å². The van der Waals surface area contributed by atoms with E-state index in [1.165, 1.54) is 13.8 Å². The van der Waals surface area contributed by atoms with Crippen molar-refractivity contribution in [3.63, 3.8) is 0 Å². The lowest BCUT2D eigenvalue weighted by Gasteiger charge is -2.20. The Kier molecular flexibility index (Phi) is 6.90. The molecule has 1 aromatic rings. The quantitative estimate of drug-likeness (QED) is 0.469. The number of benzene rings is 1. The molecular formula is C18H21NO5S. The third kappa shape index (κ3) is 5.24. The molecule has 25 heavy (non-hydrogen) atoms. The van der Waals surface area contributed by atoms with Gasteiger partial charge in [0.25, 0.3) is 0 Å². The molecule has 7 heteroatoms. The minimum atomic E-state index is -0.934. The van der Waals surface area contributed by atoms with Gasteiger partial charge in [-0.15, -0.1) is 0 Å². The Morgan fingerprint density at radius 1 is 1.20 bits per heavy atom. The maximum Gasteiger partial charge on any atom is 0.330 e. The van der Waals surface area contributed by atoms with Crippen LogP contribution < -0.4 is 5.32 Å². The van der Waals surface area contributed by atoms with Crippen LogP contribution in [0.5, 0.6) is 0 Å². The molecule has 0 aromatic heterocycles. The Labute approximate surface area is 150 Å². The topological polar surface area (TPSA) is 89.5 Å². The lowest BCUT2D eigenvalue weighted by Crippen LogP contribution is -2.38. The smallest absolute Gasteiger partial charge is 0.330 e. The molecular weight excluding hydrogens is 342 g/mol. The SMILES string of the molecule is CC(=O)SC(C(=O)c1ccccc1)C(C)C(=O)OC(=O)[C@@H]1CCCN1. The number of rotatable bonds is 6. The van der Waals surface area contributed by atoms with Gasteiger partial charge in [-0.1, -0.05) is 49.0 Å². The van der Waals surface area contributed by atoms with Crippen molar-refractivity contribution in [2.24, 2.45) is 5.92 Å². The van der Waals surface area contributed by atoms with Gasteiger partial charge in [0.05, 0.1) is 11.2 Å². The predicted octanol–water partition coefficient (Wildman–Crippen LogP) is 1.98. The second kappa shape index (κ2) is 8.92. The van der Waals surface area contributed by atoms with Crippen LogP contribution in [0.1, 0.15) is 37.0 Å². The molecule has 0 saturated carbocycles. The lowest BCUT2D eigenvalue weighted by molar-refractivity contribution is -0.163. The van der Waals surface area contributed by atoms with Crippen LogP contribution in [0.25, 0.3) is 0 Å². The van der Waals surface area contributed by atoms with Gasteiger partial charge in [-0.2, -0.15) is 0 Å². The van der Waals surface area contributed by atoms with Crippen molar-refractivity contribution in [2.45, 2.75) is 38.0 Å². The van der Waals surface area contributed by atoms with Crippen molar-refractivity contribution in [3.05, 3.63) is 35.9 Å². The van der Waals surface area contributed by atoms with Crippen LogP contribution in [-0.2, 0) is 19.1 Å². The monoisotopic (exact) mass is 363 g/mol. The van der Waals surface area contributed by atoms with Gasteiger partial charge in [0, 0.05) is 12.5 Å². The molecule has 2 unspecified atom stereocenters. The Balaban J connectivity index is 2.10. The van der Waals surface area contributed by atoms with Gasteiger partial charge in [-0.3, -0.25) is 14.4 Å². The number of ketones is 1. The van der Waals surface area contributed by atoms with E-state index in [4.69, 9.17) is 4.74 Å². The summed E-state index contributed by atoms with van der Waals surface area (Å²) in [4.78, 5) is 48.5. The standard InChI is InChI=1S/C18H21NO5S/c1-11(17(22)24-18(23)14-9-6-10-19-14)16(25-12(2)20)15(21)13-7-4-3-5-8-13/h3-5,7-8,11,14,16,19H,6,9-10H2,1-2H3/t11?,14-,16?/m0/s1. The fourth-order valence-corrected chi connectivity index (χ4v) is 3.52. The predicted molar refractivity (Wildman–Crippen MR) is 94.1 cm³/mol. The second-order valence-electron chi connectivity index (χ2n) is 5.94. The van der Waals surface area contributed by atoms with Crippen molar-refractivity contribution in [1.29, 1.82) is 0 Å². The first-order chi connectivity index (χ1) is 11.9. The summed E-state index contributed by atoms with van der Waals surface area (Å²) < 4.78 is 4.93. The summed E-state index contributed by atoms with van der Waals surface area (Å²) in [6.45, 7) is 3.54. The average molecular weight is 363 g/mol. The molecule has 1 heterocycles. The van der Waals surface area contributed by atoms with E-state index in [-0.39, 0.29) is 10.9 Å². The number of hydrogen-bond acceptors (Lipinski definition) is 7. The highest BCUT2D eigenvalue weighted by atomic mass is 32.2. The number of hydrogen-bond donors (Lipinski definition) is 1. The fourth-order valence-electron chi connectivity index (χ4n) is 2.60. The molecule has 3 atom stereocenters. The van der Waals surface area contributed by atoms with Gasteiger partial charge < -0.3 is 10.1 Å². The molecule has 0 aliphatic carbocycles. The number of nitrogens with one attached hydrogen (secondary N) is 1. The van der Waals surface area contributed by atoms with Gasteiger partial charge in [-0.05, 0) is 19.4 Å². The number of Topliss-reactive ketones (excluding diaryl/α,β-unsaturated/α-hetero) is 1. The zero-order valence-electron chi connectivity index (χ0n) is 14.2. The van der Waals surface area contributed by atoms with Gasteiger partial charge in [-0.25, -0.2) is 4.79 Å². The van der Waals surface area contributed by atoms with Gasteiger partial charge >= 0.3 is 11.9 Å². The van der Waals surface area contributed by atoms with E-state index in [0.29, 0.717) is 18.5 Å². The molecule has 0 radical (unpaired) electrons. The first-order valence-electron chi connectivity index (χ1n) is 8.15. The highest BCUT2D eigenvalue weighted by Gasteiger charge is 2.36. The lowest BCUT2D eigenvalue weighted by atomic mass is 9.99. The molecule has 1 fully saturated rings. The van der Waals surface area contributed by atoms with Crippen molar-refractivity contribution < 1.29 is 23.9 Å². The maximum atomic E-state index is 12.7. The second-order valence-corrected chi connectivity index (χ2v) is 7.26. The Morgan fingerprint density at radius 3 is 2.44 bits per heavy atom. The number of thioether (sulfide) groups is 1. The highest BCUT2D eigenvalue weighted by molar-refractivity contribution is 8.14. The molecule has 0 bridgehead atoms. The van der Waals surface area contributed by atoms with E-state index in [1.54, 1.807) is 30.3 Å². The van der Waals surface area contributed by atoms with E-state index in [1.807, 2.05) is 0 Å². The van der Waals surface area contributed by atoms with Crippen LogP contribution in [0.4, 0.5) is 0 Å². The Hall–Kier alpha value is -1.99. The molecule has 1 saturated heterocycles. The van der Waals surface area contributed by atoms with E-state index < -0.39 is 29.1 Å². The summed E-state index contributed by atoms with van der Waals surface area (Å²) in [6, 6.07) is 7.96. The largest absolute Gasteiger partial charge is 0.392 e. The summed E-state index contributed by atoms with van der Waals surface area (Å²) in [5, 5.41) is 1.74. The van der Waals surface area contributed by atoms with Crippen molar-refractivity contribution in [1.82, 2.24) is 5.32 Å². The molecule has 1 N–H and O–H groups in total. The molecule has 0 amide bonds. The molecule has 0 spiro atoms. The van der Waals surface area contributed by atoms with Crippen LogP contribution in [-0.4, -0.2) is 40.7 Å². The fraction of sp³-hybridized carbons (Fsp3) is 0.444. The van der Waals surface area contributed by atoms with Crippen molar-refractivity contribution in [2.75, 3.05) is 6.54 Å². The van der Waals surface area contributed by atoms with E-state index in [9.17, 15) is 19.2 Å². The zero-order valence-corrected chi connectivity index (χ0v) is 15.0. The highest BCUT2D eigenvalue weighted by Crippen LogP contribution is 2.26. The Morgan fingerprint density at radius 2 is 1.88 bits per heavy atom. The average Bonchev–Trinajstić information content (AvgIpc) is 3.13. The van der Waals surface area contributed by atoms with Crippen molar-refractivity contribution >= 4 is 34.6 Å². The minimum absolute atomic E-state index is 0.280. The first kappa shape index (κ1) is 19.3. The normalized spacial score (nSPS) is 19.0. The minimum Gasteiger partial charge on any atom is -0.392 e. The van der Waals surface area contributed by atoms with E-state index in [0.717, 1.165) is 18.2 Å². The summed E-state index contributed by atoms with van der Waals surface area (Å²) in [6.07, 6.45) is 1.47.